The van der Waals surface area contributed by atoms with Gasteiger partial charge in [-0.1, -0.05) is 0 Å². The molecular formula is C16H20Cl2GeS2. The molecule has 0 amide bonds. The zero-order valence-electron chi connectivity index (χ0n) is 12.5. The Morgan fingerprint density at radius 3 is 1.67 bits per heavy atom. The van der Waals surface area contributed by atoms with E-state index < -0.39 is 11.4 Å². The number of rotatable bonds is 6. The Labute approximate surface area is 146 Å². The number of thiophene rings is 2. The fourth-order valence-corrected chi connectivity index (χ4v) is 16.3. The molecule has 1 aliphatic rings. The van der Waals surface area contributed by atoms with E-state index in [0.717, 1.165) is 0 Å². The van der Waals surface area contributed by atoms with Gasteiger partial charge in [-0.15, -0.1) is 0 Å². The van der Waals surface area contributed by atoms with Crippen molar-refractivity contribution in [2.45, 2.75) is 52.4 Å². The van der Waals surface area contributed by atoms with Gasteiger partial charge in [-0.05, 0) is 0 Å². The van der Waals surface area contributed by atoms with Gasteiger partial charge in [0.05, 0.1) is 0 Å². The quantitative estimate of drug-likeness (QED) is 0.541. The van der Waals surface area contributed by atoms with Crippen LogP contribution in [0.1, 0.15) is 49.3 Å². The van der Waals surface area contributed by atoms with E-state index >= 15 is 0 Å². The minimum absolute atomic E-state index is 1.17. The summed E-state index contributed by atoms with van der Waals surface area (Å²) in [5.74, 6) is 0. The first-order valence-electron chi connectivity index (χ1n) is 7.72. The van der Waals surface area contributed by atoms with Crippen molar-refractivity contribution in [2.24, 2.45) is 0 Å². The van der Waals surface area contributed by atoms with Gasteiger partial charge in [0.25, 0.3) is 0 Å². The summed E-state index contributed by atoms with van der Waals surface area (Å²) in [6, 6.07) is 4.63. The van der Waals surface area contributed by atoms with Gasteiger partial charge in [0, 0.05) is 0 Å². The SMILES string of the molecule is CCCCc1c[c]2c(s1)-c1sc(CCCC)c[c]1[Ge]2([Cl])[Cl]. The van der Waals surface area contributed by atoms with Crippen molar-refractivity contribution < 1.29 is 0 Å². The summed E-state index contributed by atoms with van der Waals surface area (Å²) >= 11 is 0.848. The number of halogens is 2. The molecule has 2 aromatic heterocycles. The molecule has 0 saturated heterocycles. The molecule has 3 rings (SSSR count). The van der Waals surface area contributed by atoms with Gasteiger partial charge in [0.15, 0.2) is 0 Å². The molecule has 0 radical (unpaired) electrons. The summed E-state index contributed by atoms with van der Waals surface area (Å²) in [5, 5.41) is 0. The van der Waals surface area contributed by atoms with Crippen molar-refractivity contribution in [3.8, 4) is 9.75 Å². The van der Waals surface area contributed by atoms with Gasteiger partial charge in [-0.25, -0.2) is 0 Å². The second kappa shape index (κ2) is 6.56. The van der Waals surface area contributed by atoms with Gasteiger partial charge < -0.3 is 0 Å². The van der Waals surface area contributed by atoms with Gasteiger partial charge in [-0.3, -0.25) is 0 Å². The Balaban J connectivity index is 1.95. The third kappa shape index (κ3) is 2.99. The zero-order valence-corrected chi connectivity index (χ0v) is 17.7. The van der Waals surface area contributed by atoms with Crippen molar-refractivity contribution in [1.29, 1.82) is 0 Å². The third-order valence-corrected chi connectivity index (χ3v) is 16.0. The van der Waals surface area contributed by atoms with Crippen LogP contribution in [-0.2, 0) is 12.8 Å². The molecule has 0 unspecified atom stereocenters. The minimum atomic E-state index is -3.02. The Morgan fingerprint density at radius 2 is 1.29 bits per heavy atom. The fraction of sp³-hybridized carbons (Fsp3) is 0.500. The van der Waals surface area contributed by atoms with Gasteiger partial charge in [0.1, 0.15) is 0 Å². The number of hydrogen-bond donors (Lipinski definition) is 0. The first-order valence-corrected chi connectivity index (χ1v) is 17.0. The van der Waals surface area contributed by atoms with Crippen LogP contribution in [0.15, 0.2) is 12.1 Å². The van der Waals surface area contributed by atoms with E-state index in [1.165, 1.54) is 66.8 Å². The van der Waals surface area contributed by atoms with Crippen LogP contribution in [-0.4, -0.2) is 11.4 Å². The Hall–Kier alpha value is 0.523. The second-order valence-corrected chi connectivity index (χ2v) is 19.5. The van der Waals surface area contributed by atoms with E-state index in [9.17, 15) is 0 Å². The Kier molecular flexibility index (Phi) is 5.12. The molecule has 21 heavy (non-hydrogen) atoms. The Bertz CT molecular complexity index is 588. The van der Waals surface area contributed by atoms with E-state index in [4.69, 9.17) is 20.0 Å². The normalized spacial score (nSPS) is 15.2. The maximum absolute atomic E-state index is 6.89. The first-order chi connectivity index (χ1) is 10.1. The van der Waals surface area contributed by atoms with Crippen LogP contribution < -0.4 is 8.79 Å². The standard InChI is InChI=1S/C16H20Cl2GeS2/c1-3-5-7-11-9-13-15(20-11)16-14(19(13,17)18)10-12(21-16)8-6-4-2/h9-10H,3-8H2,1-2H3. The molecule has 3 heterocycles. The molecular weight excluding hydrogens is 400 g/mol. The monoisotopic (exact) mass is 420 g/mol. The van der Waals surface area contributed by atoms with Gasteiger partial charge in [0.2, 0.25) is 0 Å². The maximum atomic E-state index is 6.89. The average Bonchev–Trinajstić information content (AvgIpc) is 3.10. The summed E-state index contributed by atoms with van der Waals surface area (Å²) in [7, 11) is 13.8. The second-order valence-electron chi connectivity index (χ2n) is 5.69. The van der Waals surface area contributed by atoms with Crippen molar-refractivity contribution in [2.75, 3.05) is 0 Å². The molecule has 114 valence electrons. The van der Waals surface area contributed by atoms with E-state index in [-0.39, 0.29) is 0 Å². The van der Waals surface area contributed by atoms with Gasteiger partial charge >= 0.3 is 147 Å². The van der Waals surface area contributed by atoms with Crippen LogP contribution in [0.2, 0.25) is 0 Å². The van der Waals surface area contributed by atoms with Crippen LogP contribution in [0.3, 0.4) is 0 Å². The van der Waals surface area contributed by atoms with Crippen molar-refractivity contribution in [3.05, 3.63) is 21.9 Å². The predicted molar refractivity (Wildman–Crippen MR) is 102 cm³/mol. The van der Waals surface area contributed by atoms with Crippen LogP contribution in [0.25, 0.3) is 9.75 Å². The third-order valence-electron chi connectivity index (χ3n) is 4.00. The molecule has 0 N–H and O–H groups in total. The molecule has 0 bridgehead atoms. The molecule has 0 fully saturated rings. The summed E-state index contributed by atoms with van der Waals surface area (Å²) in [6.07, 6.45) is 7.32. The van der Waals surface area contributed by atoms with E-state index in [0.29, 0.717) is 0 Å². The van der Waals surface area contributed by atoms with Crippen molar-refractivity contribution in [1.82, 2.24) is 0 Å². The number of unbranched alkanes of at least 4 members (excludes halogenated alkanes) is 2. The van der Waals surface area contributed by atoms with Crippen molar-refractivity contribution in [3.63, 3.8) is 0 Å². The fourth-order valence-electron chi connectivity index (χ4n) is 2.78. The first kappa shape index (κ1) is 16.4. The molecule has 0 nitrogen and oxygen atoms in total. The molecule has 1 aliphatic heterocycles. The average molecular weight is 420 g/mol. The number of aryl methyl sites for hydroxylation is 2. The van der Waals surface area contributed by atoms with E-state index in [2.05, 4.69) is 26.0 Å². The molecule has 0 aromatic carbocycles. The molecule has 0 aliphatic carbocycles. The molecule has 0 spiro atoms. The molecule has 2 aromatic rings. The molecule has 0 saturated carbocycles. The molecule has 5 heteroatoms. The van der Waals surface area contributed by atoms with Crippen LogP contribution >= 0.6 is 42.7 Å². The van der Waals surface area contributed by atoms with E-state index in [1.807, 2.05) is 22.7 Å². The number of hydrogen-bond acceptors (Lipinski definition) is 2. The summed E-state index contributed by atoms with van der Waals surface area (Å²) in [4.78, 5) is 5.72. The predicted octanol–water partition coefficient (Wildman–Crippen LogP) is 5.51. The zero-order chi connectivity index (χ0) is 15.0. The van der Waals surface area contributed by atoms with Gasteiger partial charge in [-0.2, -0.15) is 0 Å². The van der Waals surface area contributed by atoms with Crippen molar-refractivity contribution >= 4 is 62.9 Å². The van der Waals surface area contributed by atoms with Crippen LogP contribution in [0.5, 0.6) is 0 Å². The Morgan fingerprint density at radius 1 is 0.857 bits per heavy atom. The summed E-state index contributed by atoms with van der Waals surface area (Å²) < 4.78 is 2.61. The van der Waals surface area contributed by atoms with Crippen LogP contribution in [0.4, 0.5) is 0 Å². The molecule has 0 atom stereocenters. The number of fused-ring (bicyclic) bond motifs is 3. The summed E-state index contributed by atoms with van der Waals surface area (Å²) in [6.45, 7) is 4.48. The van der Waals surface area contributed by atoms with Crippen LogP contribution in [0, 0.1) is 0 Å². The summed E-state index contributed by atoms with van der Waals surface area (Å²) in [5.41, 5.74) is 0. The van der Waals surface area contributed by atoms with E-state index in [1.54, 1.807) is 0 Å². The topological polar surface area (TPSA) is 0 Å².